The molecule has 0 bridgehead atoms. The van der Waals surface area contributed by atoms with E-state index in [2.05, 4.69) is 10.5 Å². The fourth-order valence-electron chi connectivity index (χ4n) is 2.71. The van der Waals surface area contributed by atoms with E-state index in [0.29, 0.717) is 31.1 Å². The third kappa shape index (κ3) is 5.13. The molecule has 1 amide bonds. The second kappa shape index (κ2) is 9.08. The van der Waals surface area contributed by atoms with E-state index in [9.17, 15) is 4.79 Å². The summed E-state index contributed by atoms with van der Waals surface area (Å²) >= 11 is 0. The van der Waals surface area contributed by atoms with Gasteiger partial charge in [0, 0.05) is 5.56 Å². The predicted molar refractivity (Wildman–Crippen MR) is 106 cm³/mol. The minimum absolute atomic E-state index is 0.148. The van der Waals surface area contributed by atoms with Gasteiger partial charge >= 0.3 is 0 Å². The van der Waals surface area contributed by atoms with Gasteiger partial charge in [0.1, 0.15) is 30.5 Å². The van der Waals surface area contributed by atoms with Crippen molar-refractivity contribution < 1.29 is 18.8 Å². The Kier molecular flexibility index (Phi) is 6.32. The molecule has 0 atom stereocenters. The molecule has 0 aliphatic rings. The lowest BCUT2D eigenvalue weighted by atomic mass is 10.2. The predicted octanol–water partition coefficient (Wildman–Crippen LogP) is 3.99. The van der Waals surface area contributed by atoms with Gasteiger partial charge in [-0.05, 0) is 62.7 Å². The highest BCUT2D eigenvalue weighted by Gasteiger charge is 2.10. The first kappa shape index (κ1) is 19.5. The van der Waals surface area contributed by atoms with Gasteiger partial charge in [-0.2, -0.15) is 0 Å². The first-order valence-electron chi connectivity index (χ1n) is 9.15. The van der Waals surface area contributed by atoms with Crippen molar-refractivity contribution in [1.29, 1.82) is 0 Å². The smallest absolute Gasteiger partial charge is 0.251 e. The van der Waals surface area contributed by atoms with Crippen molar-refractivity contribution in [3.05, 3.63) is 76.7 Å². The van der Waals surface area contributed by atoms with Gasteiger partial charge in [0.15, 0.2) is 0 Å². The summed E-state index contributed by atoms with van der Waals surface area (Å²) in [7, 11) is 0. The van der Waals surface area contributed by atoms with E-state index >= 15 is 0 Å². The Morgan fingerprint density at radius 3 is 2.50 bits per heavy atom. The Bertz CT molecular complexity index is 912. The van der Waals surface area contributed by atoms with E-state index in [1.165, 1.54) is 0 Å². The first-order valence-corrected chi connectivity index (χ1v) is 9.15. The zero-order valence-corrected chi connectivity index (χ0v) is 16.3. The molecule has 0 spiro atoms. The number of benzene rings is 2. The molecule has 0 saturated carbocycles. The average Bonchev–Trinajstić information content (AvgIpc) is 3.01. The molecule has 3 rings (SSSR count). The molecule has 28 heavy (non-hydrogen) atoms. The lowest BCUT2D eigenvalue weighted by Crippen LogP contribution is -2.28. The summed E-state index contributed by atoms with van der Waals surface area (Å²) in [6, 6.07) is 14.8. The average molecular weight is 380 g/mol. The molecule has 0 aliphatic carbocycles. The summed E-state index contributed by atoms with van der Waals surface area (Å²) in [4.78, 5) is 12.2. The van der Waals surface area contributed by atoms with E-state index < -0.39 is 0 Å². The van der Waals surface area contributed by atoms with Crippen LogP contribution >= 0.6 is 0 Å². The second-order valence-corrected chi connectivity index (χ2v) is 6.54. The summed E-state index contributed by atoms with van der Waals surface area (Å²) < 4.78 is 16.5. The van der Waals surface area contributed by atoms with Crippen LogP contribution in [-0.2, 0) is 6.61 Å². The molecule has 1 heterocycles. The van der Waals surface area contributed by atoms with Gasteiger partial charge in [-0.15, -0.1) is 0 Å². The summed E-state index contributed by atoms with van der Waals surface area (Å²) in [5.41, 5.74) is 3.47. The van der Waals surface area contributed by atoms with E-state index in [4.69, 9.17) is 14.0 Å². The normalized spacial score (nSPS) is 10.5. The molecule has 146 valence electrons. The summed E-state index contributed by atoms with van der Waals surface area (Å²) in [5, 5.41) is 6.75. The number of hydrogen-bond donors (Lipinski definition) is 1. The Morgan fingerprint density at radius 2 is 1.82 bits per heavy atom. The van der Waals surface area contributed by atoms with E-state index in [1.54, 1.807) is 24.3 Å². The molecule has 3 aromatic rings. The maximum Gasteiger partial charge on any atom is 0.251 e. The van der Waals surface area contributed by atoms with Gasteiger partial charge in [0.2, 0.25) is 0 Å². The summed E-state index contributed by atoms with van der Waals surface area (Å²) in [5.74, 6) is 2.08. The molecule has 1 aromatic heterocycles. The van der Waals surface area contributed by atoms with Crippen LogP contribution in [0.1, 0.15) is 32.9 Å². The van der Waals surface area contributed by atoms with Gasteiger partial charge < -0.3 is 19.3 Å². The van der Waals surface area contributed by atoms with Crippen molar-refractivity contribution in [3.63, 3.8) is 0 Å². The number of rotatable bonds is 8. The van der Waals surface area contributed by atoms with Crippen molar-refractivity contribution in [3.8, 4) is 11.5 Å². The van der Waals surface area contributed by atoms with Crippen LogP contribution < -0.4 is 14.8 Å². The molecule has 0 aliphatic heterocycles. The van der Waals surface area contributed by atoms with Crippen molar-refractivity contribution in [1.82, 2.24) is 10.5 Å². The summed E-state index contributed by atoms with van der Waals surface area (Å²) in [6.45, 7) is 6.96. The molecular formula is C22H24N2O4. The van der Waals surface area contributed by atoms with E-state index in [1.807, 2.05) is 45.0 Å². The van der Waals surface area contributed by atoms with Gasteiger partial charge in [0.25, 0.3) is 5.91 Å². The number of aromatic nitrogens is 1. The highest BCUT2D eigenvalue weighted by Crippen LogP contribution is 2.18. The van der Waals surface area contributed by atoms with Crippen molar-refractivity contribution in [2.75, 3.05) is 13.2 Å². The quantitative estimate of drug-likeness (QED) is 0.598. The lowest BCUT2D eigenvalue weighted by Gasteiger charge is -2.09. The lowest BCUT2D eigenvalue weighted by molar-refractivity contribution is 0.0947. The number of hydrogen-bond acceptors (Lipinski definition) is 5. The van der Waals surface area contributed by atoms with Gasteiger partial charge in [-0.1, -0.05) is 17.3 Å². The number of carbonyl (C=O) groups is 1. The number of carbonyl (C=O) groups excluding carboxylic acids is 1. The van der Waals surface area contributed by atoms with Crippen molar-refractivity contribution in [2.24, 2.45) is 0 Å². The number of aryl methyl sites for hydroxylation is 3. The molecule has 1 N–H and O–H groups in total. The minimum Gasteiger partial charge on any atom is -0.492 e. The highest BCUT2D eigenvalue weighted by atomic mass is 16.5. The zero-order valence-electron chi connectivity index (χ0n) is 16.3. The van der Waals surface area contributed by atoms with Crippen molar-refractivity contribution in [2.45, 2.75) is 27.4 Å². The van der Waals surface area contributed by atoms with Crippen molar-refractivity contribution >= 4 is 5.91 Å². The molecule has 0 fully saturated rings. The second-order valence-electron chi connectivity index (χ2n) is 6.54. The Morgan fingerprint density at radius 1 is 1.04 bits per heavy atom. The number of nitrogens with zero attached hydrogens (tertiary/aromatic N) is 1. The Labute approximate surface area is 164 Å². The summed E-state index contributed by atoms with van der Waals surface area (Å²) in [6.07, 6.45) is 0. The monoisotopic (exact) mass is 380 g/mol. The molecule has 0 unspecified atom stereocenters. The van der Waals surface area contributed by atoms with Gasteiger partial charge in [0.05, 0.1) is 17.8 Å². The molecule has 0 radical (unpaired) electrons. The van der Waals surface area contributed by atoms with Crippen LogP contribution in [0.3, 0.4) is 0 Å². The highest BCUT2D eigenvalue weighted by molar-refractivity contribution is 5.94. The molecule has 6 nitrogen and oxygen atoms in total. The zero-order chi connectivity index (χ0) is 19.9. The SMILES string of the molecule is Cc1cccc(OCCNC(=O)c2ccc(OCc3c(C)noc3C)cc2)c1. The third-order valence-corrected chi connectivity index (χ3v) is 4.33. The number of ether oxygens (including phenoxy) is 2. The molecular weight excluding hydrogens is 356 g/mol. The number of nitrogens with one attached hydrogen (secondary N) is 1. The van der Waals surface area contributed by atoms with Crippen LogP contribution in [0.5, 0.6) is 11.5 Å². The topological polar surface area (TPSA) is 73.6 Å². The fourth-order valence-corrected chi connectivity index (χ4v) is 2.71. The first-order chi connectivity index (χ1) is 13.5. The van der Waals surface area contributed by atoms with Crippen LogP contribution in [-0.4, -0.2) is 24.2 Å². The third-order valence-electron chi connectivity index (χ3n) is 4.33. The Balaban J connectivity index is 1.44. The molecule has 6 heteroatoms. The largest absolute Gasteiger partial charge is 0.492 e. The van der Waals surface area contributed by atoms with Crippen LogP contribution in [0, 0.1) is 20.8 Å². The maximum absolute atomic E-state index is 12.2. The maximum atomic E-state index is 12.2. The molecule has 0 saturated heterocycles. The van der Waals surface area contributed by atoms with Crippen LogP contribution in [0.2, 0.25) is 0 Å². The van der Waals surface area contributed by atoms with Crippen LogP contribution in [0.15, 0.2) is 53.1 Å². The van der Waals surface area contributed by atoms with Crippen LogP contribution in [0.25, 0.3) is 0 Å². The van der Waals surface area contributed by atoms with Gasteiger partial charge in [-0.25, -0.2) is 0 Å². The standard InChI is InChI=1S/C22H24N2O4/c1-15-5-4-6-20(13-15)26-12-11-23-22(25)18-7-9-19(10-8-18)27-14-21-16(2)24-28-17(21)3/h4-10,13H,11-12,14H2,1-3H3,(H,23,25). The fraction of sp³-hybridized carbons (Fsp3) is 0.273. The molecule has 2 aromatic carbocycles. The van der Waals surface area contributed by atoms with Gasteiger partial charge in [-0.3, -0.25) is 4.79 Å². The minimum atomic E-state index is -0.148. The van der Waals surface area contributed by atoms with E-state index in [0.717, 1.165) is 28.3 Å². The number of amides is 1. The Hall–Kier alpha value is -3.28. The van der Waals surface area contributed by atoms with E-state index in [-0.39, 0.29) is 5.91 Å². The van der Waals surface area contributed by atoms with Crippen LogP contribution in [0.4, 0.5) is 0 Å².